The minimum Gasteiger partial charge on any atom is -0.385 e. The fourth-order valence-electron chi connectivity index (χ4n) is 2.26. The Hall–Kier alpha value is -2.05. The molecule has 1 saturated heterocycles. The molecule has 1 aromatic rings. The van der Waals surface area contributed by atoms with E-state index in [0.29, 0.717) is 6.07 Å². The Balaban J connectivity index is 2.40. The second kappa shape index (κ2) is 5.30. The summed E-state index contributed by atoms with van der Waals surface area (Å²) in [5.41, 5.74) is -3.49. The normalized spacial score (nSPS) is 16.8. The topological polar surface area (TPSA) is 90.4 Å². The molecule has 0 aliphatic carbocycles. The zero-order valence-electron chi connectivity index (χ0n) is 10.9. The molecule has 1 N–H and O–H groups in total. The van der Waals surface area contributed by atoms with Gasteiger partial charge in [0.1, 0.15) is 11.3 Å². The molecule has 0 atom stereocenters. The number of rotatable bonds is 3. The molecule has 0 unspecified atom stereocenters. The molecule has 118 valence electrons. The van der Waals surface area contributed by atoms with E-state index < -0.39 is 33.0 Å². The molecule has 0 aromatic heterocycles. The second-order valence-corrected chi connectivity index (χ2v) is 5.40. The monoisotopic (exact) mass is 335 g/mol. The Morgan fingerprint density at radius 1 is 1.50 bits per heavy atom. The lowest BCUT2D eigenvalue weighted by molar-refractivity contribution is -0.384. The van der Waals surface area contributed by atoms with Crippen molar-refractivity contribution in [2.45, 2.75) is 18.2 Å². The third-order valence-corrected chi connectivity index (χ3v) is 3.60. The van der Waals surface area contributed by atoms with E-state index in [2.05, 4.69) is 0 Å². The summed E-state index contributed by atoms with van der Waals surface area (Å²) >= 11 is 5.56. The van der Waals surface area contributed by atoms with Crippen LogP contribution >= 0.6 is 11.6 Å². The number of benzene rings is 1. The molecule has 1 heterocycles. The quantitative estimate of drug-likeness (QED) is 0.677. The lowest BCUT2D eigenvalue weighted by atomic mass is 9.90. The molecule has 1 aliphatic rings. The molecule has 0 spiro atoms. The van der Waals surface area contributed by atoms with Gasteiger partial charge in [0.15, 0.2) is 0 Å². The van der Waals surface area contributed by atoms with Gasteiger partial charge in [-0.2, -0.15) is 18.4 Å². The van der Waals surface area contributed by atoms with E-state index in [-0.39, 0.29) is 25.2 Å². The first-order valence-electron chi connectivity index (χ1n) is 5.97. The summed E-state index contributed by atoms with van der Waals surface area (Å²) in [6.07, 6.45) is -4.98. The number of nitro benzene ring substituents is 1. The van der Waals surface area contributed by atoms with Gasteiger partial charge in [0.2, 0.25) is 0 Å². The Morgan fingerprint density at radius 3 is 2.55 bits per heavy atom. The van der Waals surface area contributed by atoms with Gasteiger partial charge in [-0.3, -0.25) is 10.1 Å². The van der Waals surface area contributed by atoms with Crippen molar-refractivity contribution in [2.75, 3.05) is 18.0 Å². The van der Waals surface area contributed by atoms with Gasteiger partial charge in [0, 0.05) is 19.2 Å². The van der Waals surface area contributed by atoms with Gasteiger partial charge in [-0.25, -0.2) is 0 Å². The summed E-state index contributed by atoms with van der Waals surface area (Å²) in [6, 6.07) is 3.00. The maximum Gasteiger partial charge on any atom is 0.418 e. The smallest absolute Gasteiger partial charge is 0.385 e. The van der Waals surface area contributed by atoms with Gasteiger partial charge >= 0.3 is 6.18 Å². The summed E-state index contributed by atoms with van der Waals surface area (Å²) < 4.78 is 38.2. The van der Waals surface area contributed by atoms with Gasteiger partial charge in [-0.15, -0.1) is 0 Å². The van der Waals surface area contributed by atoms with Crippen LogP contribution in [0.3, 0.4) is 0 Å². The first-order valence-corrected chi connectivity index (χ1v) is 6.34. The molecule has 10 heteroatoms. The van der Waals surface area contributed by atoms with Crippen molar-refractivity contribution in [3.8, 4) is 6.07 Å². The third-order valence-electron chi connectivity index (χ3n) is 3.29. The van der Waals surface area contributed by atoms with Crippen LogP contribution in [0.15, 0.2) is 12.1 Å². The number of aliphatic hydroxyl groups is 1. The number of nitro groups is 1. The molecule has 0 radical (unpaired) electrons. The van der Waals surface area contributed by atoms with Gasteiger partial charge in [0.25, 0.3) is 5.69 Å². The highest BCUT2D eigenvalue weighted by Gasteiger charge is 2.44. The predicted octanol–water partition coefficient (Wildman–Crippen LogP) is 2.73. The van der Waals surface area contributed by atoms with Crippen LogP contribution in [0.2, 0.25) is 5.02 Å². The van der Waals surface area contributed by atoms with Crippen molar-refractivity contribution in [1.29, 1.82) is 5.26 Å². The Bertz CT molecular complexity index is 666. The van der Waals surface area contributed by atoms with Crippen molar-refractivity contribution in [3.63, 3.8) is 0 Å². The number of anilines is 1. The first kappa shape index (κ1) is 16.3. The fraction of sp³-hybridized carbons (Fsp3) is 0.417. The highest BCUT2D eigenvalue weighted by Crippen LogP contribution is 2.43. The molecular weight excluding hydrogens is 327 g/mol. The molecule has 1 aliphatic heterocycles. The molecule has 1 aromatic carbocycles. The Labute approximate surface area is 127 Å². The molecule has 2 rings (SSSR count). The summed E-state index contributed by atoms with van der Waals surface area (Å²) in [7, 11) is 0. The lowest BCUT2D eigenvalue weighted by Crippen LogP contribution is -2.62. The maximum atomic E-state index is 12.7. The van der Waals surface area contributed by atoms with Crippen LogP contribution in [0.1, 0.15) is 12.0 Å². The van der Waals surface area contributed by atoms with E-state index in [1.165, 1.54) is 4.90 Å². The highest BCUT2D eigenvalue weighted by atomic mass is 35.5. The van der Waals surface area contributed by atoms with E-state index in [1.54, 1.807) is 6.07 Å². The van der Waals surface area contributed by atoms with E-state index in [1.807, 2.05) is 0 Å². The van der Waals surface area contributed by atoms with Gasteiger partial charge in [-0.1, -0.05) is 11.6 Å². The van der Waals surface area contributed by atoms with Crippen molar-refractivity contribution < 1.29 is 23.2 Å². The first-order chi connectivity index (χ1) is 10.1. The largest absolute Gasteiger partial charge is 0.418 e. The number of alkyl halides is 3. The van der Waals surface area contributed by atoms with Crippen LogP contribution in [-0.2, 0) is 6.18 Å². The van der Waals surface area contributed by atoms with E-state index >= 15 is 0 Å². The maximum absolute atomic E-state index is 12.7. The van der Waals surface area contributed by atoms with Crippen molar-refractivity contribution in [2.24, 2.45) is 0 Å². The number of nitriles is 1. The Kier molecular flexibility index (Phi) is 3.93. The van der Waals surface area contributed by atoms with Crippen molar-refractivity contribution in [3.05, 3.63) is 32.8 Å². The second-order valence-electron chi connectivity index (χ2n) is 4.99. The molecule has 1 fully saturated rings. The van der Waals surface area contributed by atoms with Crippen LogP contribution in [0.25, 0.3) is 0 Å². The van der Waals surface area contributed by atoms with Crippen LogP contribution in [0, 0.1) is 21.4 Å². The zero-order chi connectivity index (χ0) is 16.7. The highest BCUT2D eigenvalue weighted by molar-refractivity contribution is 6.31. The van der Waals surface area contributed by atoms with E-state index in [4.69, 9.17) is 16.9 Å². The minimum absolute atomic E-state index is 0.0942. The van der Waals surface area contributed by atoms with E-state index in [9.17, 15) is 28.4 Å². The van der Waals surface area contributed by atoms with Crippen LogP contribution in [-0.4, -0.2) is 28.7 Å². The molecule has 0 amide bonds. The summed E-state index contributed by atoms with van der Waals surface area (Å²) in [5.74, 6) is 0. The summed E-state index contributed by atoms with van der Waals surface area (Å²) in [6.45, 7) is -0.188. The van der Waals surface area contributed by atoms with Crippen LogP contribution < -0.4 is 4.90 Å². The molecule has 22 heavy (non-hydrogen) atoms. The number of halogens is 4. The summed E-state index contributed by atoms with van der Waals surface area (Å²) in [5, 5.41) is 28.8. The lowest BCUT2D eigenvalue weighted by Gasteiger charge is -2.46. The summed E-state index contributed by atoms with van der Waals surface area (Å²) in [4.78, 5) is 11.4. The molecule has 6 nitrogen and oxygen atoms in total. The molecule has 0 saturated carbocycles. The average Bonchev–Trinajstić information content (AvgIpc) is 2.33. The molecular formula is C12H9ClF3N3O3. The number of hydrogen-bond donors (Lipinski definition) is 1. The average molecular weight is 336 g/mol. The zero-order valence-corrected chi connectivity index (χ0v) is 11.6. The number of hydrogen-bond acceptors (Lipinski definition) is 5. The van der Waals surface area contributed by atoms with Crippen molar-refractivity contribution in [1.82, 2.24) is 0 Å². The number of nitrogens with zero attached hydrogens (tertiary/aromatic N) is 3. The minimum atomic E-state index is -4.81. The molecule has 0 bridgehead atoms. The fourth-order valence-corrected chi connectivity index (χ4v) is 2.53. The van der Waals surface area contributed by atoms with Crippen LogP contribution in [0.5, 0.6) is 0 Å². The predicted molar refractivity (Wildman–Crippen MR) is 70.5 cm³/mol. The third kappa shape index (κ3) is 2.93. The number of β-amino-alcohol motifs (C(OH)–C–C–N with tert-alkyl or cyclic N) is 1. The van der Waals surface area contributed by atoms with E-state index in [0.717, 1.165) is 6.07 Å². The Morgan fingerprint density at radius 2 is 2.09 bits per heavy atom. The van der Waals surface area contributed by atoms with Gasteiger partial charge in [0.05, 0.1) is 28.0 Å². The SMILES string of the molecule is N#CCC1(O)CN(c2cc(Cl)c(C(F)(F)F)cc2[N+](=O)[O-])C1. The van der Waals surface area contributed by atoms with Crippen LogP contribution in [0.4, 0.5) is 24.5 Å². The standard InChI is InChI=1S/C12H9ClF3N3O3/c13-8-4-9(18-5-11(20,6-18)1-2-17)10(19(21)22)3-7(8)12(14,15)16/h3-4,20H,1,5-6H2. The van der Waals surface area contributed by atoms with Gasteiger partial charge < -0.3 is 10.0 Å². The van der Waals surface area contributed by atoms with Crippen molar-refractivity contribution >= 4 is 23.0 Å². The van der Waals surface area contributed by atoms with Gasteiger partial charge in [-0.05, 0) is 6.07 Å².